The van der Waals surface area contributed by atoms with Crippen LogP contribution in [0.15, 0.2) is 0 Å². The second-order valence-corrected chi connectivity index (χ2v) is 5.74. The molecule has 2 heterocycles. The summed E-state index contributed by atoms with van der Waals surface area (Å²) in [6.45, 7) is -2.06. The number of methoxy groups -OCH3 is 1. The highest BCUT2D eigenvalue weighted by Gasteiger charge is 2.52. The first-order chi connectivity index (χ1) is 15.9. The average Bonchev–Trinajstić information content (AvgIpc) is 2.67. The summed E-state index contributed by atoms with van der Waals surface area (Å²) in [5.41, 5.74) is 0. The van der Waals surface area contributed by atoms with Gasteiger partial charge in [0.2, 0.25) is 5.91 Å². The lowest BCUT2D eigenvalue weighted by Crippen LogP contribution is -2.67. The van der Waals surface area contributed by atoms with Crippen LogP contribution in [0, 0.1) is 0 Å². The van der Waals surface area contributed by atoms with Crippen LogP contribution in [-0.4, -0.2) is 112 Å². The standard InChI is InChI=1S/C16H27NO11/c1-5-8(17-6(2)19)12(9(20)7(4-18)26-5)27-16-11(22)10(21)13(25-3)14(28-16)15(23)24/h5,7-14,16,18,20-22H,4H2,1-3H3,(H,17,19)(H,23,24)/t5-,7?,8?,9+,10+,11?,12+,13-,14?,16+/m0/s1/i4D2,7D,8D,9D,10D,11D,14D. The van der Waals surface area contributed by atoms with Gasteiger partial charge >= 0.3 is 5.97 Å². The van der Waals surface area contributed by atoms with Gasteiger partial charge in [-0.3, -0.25) is 4.79 Å². The Hall–Kier alpha value is -1.38. The molecule has 10 atom stereocenters. The molecule has 2 aliphatic heterocycles. The van der Waals surface area contributed by atoms with E-state index >= 15 is 0 Å². The zero-order chi connectivity index (χ0) is 28.5. The van der Waals surface area contributed by atoms with Gasteiger partial charge in [-0.2, -0.15) is 0 Å². The minimum Gasteiger partial charge on any atom is -0.479 e. The number of amides is 1. The summed E-state index contributed by atoms with van der Waals surface area (Å²) in [4.78, 5) is 23.6. The molecule has 0 bridgehead atoms. The molecule has 4 unspecified atom stereocenters. The van der Waals surface area contributed by atoms with Crippen LogP contribution < -0.4 is 5.32 Å². The van der Waals surface area contributed by atoms with Crippen LogP contribution in [-0.2, 0) is 28.5 Å². The predicted molar refractivity (Wildman–Crippen MR) is 89.0 cm³/mol. The molecule has 0 aromatic rings. The van der Waals surface area contributed by atoms with E-state index in [2.05, 4.69) is 4.74 Å². The Morgan fingerprint density at radius 3 is 2.32 bits per heavy atom. The molecule has 2 saturated heterocycles. The highest BCUT2D eigenvalue weighted by molar-refractivity contribution is 5.73. The van der Waals surface area contributed by atoms with Gasteiger partial charge in [-0.15, -0.1) is 0 Å². The van der Waals surface area contributed by atoms with Crippen LogP contribution in [0.1, 0.15) is 24.8 Å². The van der Waals surface area contributed by atoms with E-state index in [9.17, 15) is 35.1 Å². The van der Waals surface area contributed by atoms with Gasteiger partial charge in [0.05, 0.1) is 29.6 Å². The van der Waals surface area contributed by atoms with E-state index in [4.69, 9.17) is 25.2 Å². The third-order valence-electron chi connectivity index (χ3n) is 3.83. The largest absolute Gasteiger partial charge is 0.479 e. The van der Waals surface area contributed by atoms with Gasteiger partial charge in [-0.05, 0) is 6.92 Å². The number of carboxylic acid groups (broad SMARTS) is 1. The molecule has 6 N–H and O–H groups in total. The SMILES string of the molecule is [2H]C1(C(=O)O)O[C@@H](O[C@@H]2C([2H])(NC(C)=O)[C@H](C)OC([2H])(C([2H])([2H])O)[C@@]2([2H])O)C([2H])(O)[C@@]([2H])(O)[C@@H]1OC. The van der Waals surface area contributed by atoms with Gasteiger partial charge < -0.3 is 49.8 Å². The van der Waals surface area contributed by atoms with Crippen LogP contribution in [0.2, 0.25) is 0 Å². The molecule has 12 heteroatoms. The molecule has 2 fully saturated rings. The Morgan fingerprint density at radius 2 is 1.82 bits per heavy atom. The van der Waals surface area contributed by atoms with Crippen LogP contribution in [0.3, 0.4) is 0 Å². The van der Waals surface area contributed by atoms with Gasteiger partial charge in [0.1, 0.15) is 36.5 Å². The molecule has 0 radical (unpaired) electrons. The summed E-state index contributed by atoms with van der Waals surface area (Å²) in [6.07, 6.45) is -29.0. The maximum absolute atomic E-state index is 11.8. The molecule has 0 aromatic carbocycles. The fourth-order valence-electron chi connectivity index (χ4n) is 2.58. The monoisotopic (exact) mass is 417 g/mol. The fourth-order valence-corrected chi connectivity index (χ4v) is 2.58. The zero-order valence-corrected chi connectivity index (χ0v) is 15.0. The van der Waals surface area contributed by atoms with Crippen molar-refractivity contribution in [1.82, 2.24) is 5.32 Å². The maximum atomic E-state index is 11.8. The molecular formula is C16H27NO11. The van der Waals surface area contributed by atoms with Crippen LogP contribution in [0.25, 0.3) is 0 Å². The van der Waals surface area contributed by atoms with Crippen molar-refractivity contribution in [3.05, 3.63) is 0 Å². The maximum Gasteiger partial charge on any atom is 0.335 e. The number of carbonyl (C=O) groups excluding carboxylic acids is 1. The summed E-state index contributed by atoms with van der Waals surface area (Å²) in [6, 6.07) is -2.90. The molecule has 0 saturated carbocycles. The van der Waals surface area contributed by atoms with Crippen molar-refractivity contribution in [3.8, 4) is 0 Å². The Morgan fingerprint density at radius 1 is 1.18 bits per heavy atom. The number of carbonyl (C=O) groups is 2. The third-order valence-corrected chi connectivity index (χ3v) is 3.83. The number of ether oxygens (including phenoxy) is 4. The summed E-state index contributed by atoms with van der Waals surface area (Å²) >= 11 is 0. The molecule has 1 amide bonds. The normalized spacial score (nSPS) is 64.5. The van der Waals surface area contributed by atoms with Crippen LogP contribution in [0.5, 0.6) is 0 Å². The van der Waals surface area contributed by atoms with E-state index in [1.165, 1.54) is 0 Å². The average molecular weight is 417 g/mol. The van der Waals surface area contributed by atoms with Gasteiger partial charge in [0.15, 0.2) is 12.4 Å². The van der Waals surface area contributed by atoms with Crippen molar-refractivity contribution in [1.29, 1.82) is 0 Å². The molecule has 0 aromatic heterocycles. The lowest BCUT2D eigenvalue weighted by Gasteiger charge is -2.47. The minimum absolute atomic E-state index is 0.725. The van der Waals surface area contributed by atoms with Crippen molar-refractivity contribution in [3.63, 3.8) is 0 Å². The number of rotatable bonds is 6. The van der Waals surface area contributed by atoms with E-state index < -0.39 is 79.5 Å². The quantitative estimate of drug-likeness (QED) is 0.253. The first-order valence-corrected chi connectivity index (χ1v) is 7.83. The number of aliphatic hydroxyl groups is 4. The van der Waals surface area contributed by atoms with Gasteiger partial charge in [0, 0.05) is 14.0 Å². The first kappa shape index (κ1) is 13.8. The smallest absolute Gasteiger partial charge is 0.335 e. The Bertz CT molecular complexity index is 904. The molecular weight excluding hydrogens is 382 g/mol. The van der Waals surface area contributed by atoms with Crippen molar-refractivity contribution < 1.29 is 65.0 Å². The van der Waals surface area contributed by atoms with E-state index in [0.29, 0.717) is 0 Å². The molecule has 0 aliphatic carbocycles. The Labute approximate surface area is 172 Å². The molecule has 12 nitrogen and oxygen atoms in total. The van der Waals surface area contributed by atoms with Crippen molar-refractivity contribution in [2.75, 3.05) is 13.7 Å². The summed E-state index contributed by atoms with van der Waals surface area (Å²) < 4.78 is 83.5. The number of nitrogens with one attached hydrogen (secondary N) is 1. The van der Waals surface area contributed by atoms with Crippen molar-refractivity contribution in [2.45, 2.75) is 74.9 Å². The van der Waals surface area contributed by atoms with E-state index in [1.54, 1.807) is 0 Å². The zero-order valence-electron chi connectivity index (χ0n) is 23.0. The first-order valence-electron chi connectivity index (χ1n) is 11.8. The lowest BCUT2D eigenvalue weighted by molar-refractivity contribution is -0.327. The topological polar surface area (TPSA) is 184 Å². The van der Waals surface area contributed by atoms with Gasteiger partial charge in [0.25, 0.3) is 0 Å². The van der Waals surface area contributed by atoms with E-state index in [0.717, 1.165) is 21.0 Å². The number of carboxylic acids is 1. The highest BCUT2D eigenvalue weighted by atomic mass is 16.7. The number of aliphatic carboxylic acids is 1. The predicted octanol–water partition coefficient (Wildman–Crippen LogP) is -3.44. The van der Waals surface area contributed by atoms with E-state index in [1.807, 2.05) is 5.32 Å². The van der Waals surface area contributed by atoms with Crippen LogP contribution >= 0.6 is 0 Å². The molecule has 2 aliphatic rings. The van der Waals surface area contributed by atoms with Gasteiger partial charge in [-0.25, -0.2) is 4.79 Å². The van der Waals surface area contributed by atoms with Crippen LogP contribution in [0.4, 0.5) is 0 Å². The Kier molecular flexibility index (Phi) is 4.63. The molecule has 162 valence electrons. The number of hydrogen-bond donors (Lipinski definition) is 6. The summed E-state index contributed by atoms with van der Waals surface area (Å²) in [5, 5.41) is 53.3. The second kappa shape index (κ2) is 9.41. The van der Waals surface area contributed by atoms with Crippen molar-refractivity contribution >= 4 is 11.9 Å². The second-order valence-electron chi connectivity index (χ2n) is 5.74. The summed E-state index contributed by atoms with van der Waals surface area (Å²) in [5.74, 6) is -3.25. The molecule has 0 spiro atoms. The van der Waals surface area contributed by atoms with Crippen molar-refractivity contribution in [2.24, 2.45) is 0 Å². The van der Waals surface area contributed by atoms with Gasteiger partial charge in [-0.1, -0.05) is 0 Å². The Balaban J connectivity index is 2.75. The summed E-state index contributed by atoms with van der Waals surface area (Å²) in [7, 11) is 0.725. The highest BCUT2D eigenvalue weighted by Crippen LogP contribution is 2.30. The molecule has 2 rings (SSSR count). The third kappa shape index (κ3) is 4.60. The van der Waals surface area contributed by atoms with E-state index in [-0.39, 0.29) is 0 Å². The lowest BCUT2D eigenvalue weighted by atomic mass is 9.92. The minimum atomic E-state index is -3.92. The fraction of sp³-hybridized carbons (Fsp3) is 0.875. The number of hydrogen-bond acceptors (Lipinski definition) is 10. The molecule has 28 heavy (non-hydrogen) atoms.